The number of nitrogens with zero attached hydrogens (tertiary/aromatic N) is 4. The molecule has 0 aliphatic carbocycles. The van der Waals surface area contributed by atoms with Gasteiger partial charge in [0.15, 0.2) is 11.2 Å². The van der Waals surface area contributed by atoms with Gasteiger partial charge >= 0.3 is 5.69 Å². The van der Waals surface area contributed by atoms with E-state index in [0.717, 1.165) is 17.4 Å². The highest BCUT2D eigenvalue weighted by Gasteiger charge is 2.18. The van der Waals surface area contributed by atoms with Crippen molar-refractivity contribution in [1.82, 2.24) is 18.7 Å². The first-order valence-corrected chi connectivity index (χ1v) is 8.98. The Labute approximate surface area is 155 Å². The normalized spacial score (nSPS) is 11.4. The monoisotopic (exact) mass is 374 g/mol. The highest BCUT2D eigenvalue weighted by atomic mass is 19.1. The van der Waals surface area contributed by atoms with Gasteiger partial charge in [0.1, 0.15) is 5.82 Å². The molecule has 0 N–H and O–H groups in total. The molecule has 3 aromatic rings. The van der Waals surface area contributed by atoms with E-state index in [1.54, 1.807) is 30.1 Å². The number of halogens is 1. The van der Waals surface area contributed by atoms with E-state index in [9.17, 15) is 14.0 Å². The van der Waals surface area contributed by atoms with Gasteiger partial charge in [-0.25, -0.2) is 14.2 Å². The van der Waals surface area contributed by atoms with Gasteiger partial charge in [0.25, 0.3) is 5.56 Å². The molecule has 0 bridgehead atoms. The van der Waals surface area contributed by atoms with Crippen LogP contribution in [0.4, 0.5) is 4.39 Å². The van der Waals surface area contributed by atoms with Crippen LogP contribution in [0.2, 0.25) is 0 Å². The quantitative estimate of drug-likeness (QED) is 0.605. The van der Waals surface area contributed by atoms with E-state index in [0.29, 0.717) is 36.4 Å². The van der Waals surface area contributed by atoms with Crippen molar-refractivity contribution in [2.75, 3.05) is 13.7 Å². The summed E-state index contributed by atoms with van der Waals surface area (Å²) in [5.41, 5.74) is 0.436. The van der Waals surface area contributed by atoms with Crippen molar-refractivity contribution in [3.05, 3.63) is 62.8 Å². The van der Waals surface area contributed by atoms with Gasteiger partial charge in [0, 0.05) is 20.2 Å². The minimum absolute atomic E-state index is 0.00689. The van der Waals surface area contributed by atoms with Crippen LogP contribution in [0.3, 0.4) is 0 Å². The third kappa shape index (κ3) is 3.85. The van der Waals surface area contributed by atoms with E-state index in [4.69, 9.17) is 4.74 Å². The van der Waals surface area contributed by atoms with Crippen molar-refractivity contribution in [2.45, 2.75) is 39.4 Å². The molecule has 0 fully saturated rings. The van der Waals surface area contributed by atoms with Crippen molar-refractivity contribution < 1.29 is 9.13 Å². The summed E-state index contributed by atoms with van der Waals surface area (Å²) in [5, 5.41) is 0. The van der Waals surface area contributed by atoms with E-state index < -0.39 is 17.1 Å². The first-order chi connectivity index (χ1) is 13.1. The maximum atomic E-state index is 13.5. The Balaban J connectivity index is 2.19. The number of hydrogen-bond donors (Lipinski definition) is 0. The van der Waals surface area contributed by atoms with Crippen molar-refractivity contribution in [1.29, 1.82) is 0 Å². The number of ether oxygens (including phenoxy) is 1. The molecule has 0 atom stereocenters. The van der Waals surface area contributed by atoms with Gasteiger partial charge in [0.2, 0.25) is 0 Å². The molecule has 27 heavy (non-hydrogen) atoms. The average Bonchev–Trinajstić information content (AvgIpc) is 3.07. The summed E-state index contributed by atoms with van der Waals surface area (Å²) in [4.78, 5) is 30.3. The summed E-state index contributed by atoms with van der Waals surface area (Å²) in [7, 11) is 1.58. The van der Waals surface area contributed by atoms with Crippen LogP contribution in [-0.4, -0.2) is 32.4 Å². The zero-order valence-corrected chi connectivity index (χ0v) is 15.5. The van der Waals surface area contributed by atoms with Crippen molar-refractivity contribution >= 4 is 11.2 Å². The second-order valence-corrected chi connectivity index (χ2v) is 6.41. The fraction of sp³-hybridized carbons (Fsp3) is 0.421. The first kappa shape index (κ1) is 19.0. The van der Waals surface area contributed by atoms with Gasteiger partial charge in [-0.15, -0.1) is 0 Å². The number of benzene rings is 1. The van der Waals surface area contributed by atoms with Crippen LogP contribution in [0.25, 0.3) is 11.2 Å². The largest absolute Gasteiger partial charge is 0.383 e. The number of aromatic nitrogens is 4. The average molecular weight is 374 g/mol. The van der Waals surface area contributed by atoms with Gasteiger partial charge < -0.3 is 9.30 Å². The minimum Gasteiger partial charge on any atom is -0.383 e. The fourth-order valence-electron chi connectivity index (χ4n) is 3.07. The topological polar surface area (TPSA) is 71.0 Å². The van der Waals surface area contributed by atoms with E-state index in [2.05, 4.69) is 4.98 Å². The Kier molecular flexibility index (Phi) is 5.85. The molecule has 2 heterocycles. The number of unbranched alkanes of at least 4 members (excludes halogenated alkanes) is 1. The second-order valence-electron chi connectivity index (χ2n) is 6.41. The summed E-state index contributed by atoms with van der Waals surface area (Å²) in [6.07, 6.45) is 3.25. The highest BCUT2D eigenvalue weighted by Crippen LogP contribution is 2.10. The zero-order valence-electron chi connectivity index (χ0n) is 15.5. The van der Waals surface area contributed by atoms with Crippen LogP contribution in [-0.2, 0) is 24.4 Å². The molecule has 7 nitrogen and oxygen atoms in total. The summed E-state index contributed by atoms with van der Waals surface area (Å²) < 4.78 is 23.0. The molecule has 144 valence electrons. The van der Waals surface area contributed by atoms with Gasteiger partial charge in [-0.05, 0) is 24.1 Å². The fourth-order valence-corrected chi connectivity index (χ4v) is 3.07. The Morgan fingerprint density at radius 1 is 1.19 bits per heavy atom. The molecule has 1 aromatic carbocycles. The third-order valence-corrected chi connectivity index (χ3v) is 4.48. The number of hydrogen-bond acceptors (Lipinski definition) is 4. The summed E-state index contributed by atoms with van der Waals surface area (Å²) in [6.45, 7) is 3.38. The lowest BCUT2D eigenvalue weighted by molar-refractivity contribution is 0.188. The van der Waals surface area contributed by atoms with Crippen LogP contribution < -0.4 is 11.2 Å². The number of aryl methyl sites for hydroxylation is 1. The summed E-state index contributed by atoms with van der Waals surface area (Å²) >= 11 is 0. The third-order valence-electron chi connectivity index (χ3n) is 4.48. The molecular formula is C19H23FN4O3. The number of rotatable bonds is 8. The van der Waals surface area contributed by atoms with Gasteiger partial charge in [-0.2, -0.15) is 0 Å². The molecule has 0 saturated heterocycles. The molecule has 0 unspecified atom stereocenters. The molecule has 8 heteroatoms. The zero-order chi connectivity index (χ0) is 19.4. The van der Waals surface area contributed by atoms with Crippen molar-refractivity contribution in [3.8, 4) is 0 Å². The number of fused-ring (bicyclic) bond motifs is 1. The Morgan fingerprint density at radius 3 is 2.70 bits per heavy atom. The molecule has 2 aromatic heterocycles. The van der Waals surface area contributed by atoms with Crippen LogP contribution in [0.15, 0.2) is 40.2 Å². The van der Waals surface area contributed by atoms with Crippen LogP contribution in [0.1, 0.15) is 25.3 Å². The smallest absolute Gasteiger partial charge is 0.333 e. The molecule has 0 spiro atoms. The van der Waals surface area contributed by atoms with Crippen LogP contribution >= 0.6 is 0 Å². The van der Waals surface area contributed by atoms with Crippen molar-refractivity contribution in [2.24, 2.45) is 0 Å². The lowest BCUT2D eigenvalue weighted by Gasteiger charge is -2.12. The SMILES string of the molecule is CCCCn1c(=O)n(Cc2cccc(F)c2)c(=O)c2c1ncn2CCOC. The molecule has 0 aliphatic heterocycles. The highest BCUT2D eigenvalue weighted by molar-refractivity contribution is 5.70. The Hall–Kier alpha value is -2.74. The summed E-state index contributed by atoms with van der Waals surface area (Å²) in [5.74, 6) is -0.405. The molecule has 0 radical (unpaired) electrons. The van der Waals surface area contributed by atoms with E-state index >= 15 is 0 Å². The second kappa shape index (κ2) is 8.30. The predicted octanol–water partition coefficient (Wildman–Crippen LogP) is 1.99. The van der Waals surface area contributed by atoms with Crippen LogP contribution in [0, 0.1) is 5.82 Å². The number of imidazole rings is 1. The first-order valence-electron chi connectivity index (χ1n) is 8.98. The lowest BCUT2D eigenvalue weighted by atomic mass is 10.2. The van der Waals surface area contributed by atoms with Gasteiger partial charge in [-0.3, -0.25) is 13.9 Å². The minimum atomic E-state index is -0.430. The van der Waals surface area contributed by atoms with Crippen molar-refractivity contribution in [3.63, 3.8) is 0 Å². The molecule has 0 aliphatic rings. The molecular weight excluding hydrogens is 351 g/mol. The Morgan fingerprint density at radius 2 is 2.00 bits per heavy atom. The van der Waals surface area contributed by atoms with E-state index in [-0.39, 0.29) is 6.54 Å². The predicted molar refractivity (Wildman–Crippen MR) is 101 cm³/mol. The van der Waals surface area contributed by atoms with E-state index in [1.165, 1.54) is 16.7 Å². The standard InChI is InChI=1S/C19H23FN4O3/c1-3-4-8-23-17-16(22(13-21-17)9-10-27-2)18(25)24(19(23)26)12-14-6-5-7-15(20)11-14/h5-7,11,13H,3-4,8-10,12H2,1-2H3. The molecule has 0 saturated carbocycles. The molecule has 0 amide bonds. The van der Waals surface area contributed by atoms with E-state index in [1.807, 2.05) is 6.92 Å². The van der Waals surface area contributed by atoms with Gasteiger partial charge in [-0.1, -0.05) is 25.5 Å². The van der Waals surface area contributed by atoms with Gasteiger partial charge in [0.05, 0.1) is 19.5 Å². The number of methoxy groups -OCH3 is 1. The lowest BCUT2D eigenvalue weighted by Crippen LogP contribution is -2.41. The Bertz CT molecular complexity index is 1050. The maximum absolute atomic E-state index is 13.5. The maximum Gasteiger partial charge on any atom is 0.333 e. The van der Waals surface area contributed by atoms with Crippen LogP contribution in [0.5, 0.6) is 0 Å². The summed E-state index contributed by atoms with van der Waals surface area (Å²) in [6, 6.07) is 5.91. The molecule has 3 rings (SSSR count).